The fraction of sp³-hybridized carbons (Fsp3) is 0.357. The minimum absolute atomic E-state index is 0.193. The third-order valence-electron chi connectivity index (χ3n) is 2.40. The van der Waals surface area contributed by atoms with Gasteiger partial charge in [0.1, 0.15) is 17.2 Å². The summed E-state index contributed by atoms with van der Waals surface area (Å²) in [6.45, 7) is 5.11. The molecule has 108 valence electrons. The van der Waals surface area contributed by atoms with Gasteiger partial charge in [-0.3, -0.25) is 0 Å². The number of allylic oxidation sites excluding steroid dienone is 1. The van der Waals surface area contributed by atoms with Gasteiger partial charge in [-0.15, -0.1) is 10.2 Å². The molecule has 0 aromatic heterocycles. The molecule has 6 nitrogen and oxygen atoms in total. The first-order valence-electron chi connectivity index (χ1n) is 6.13. The van der Waals surface area contributed by atoms with E-state index in [9.17, 15) is 9.90 Å². The van der Waals surface area contributed by atoms with Crippen LogP contribution in [0, 0.1) is 6.92 Å². The number of rotatable bonds is 5. The van der Waals surface area contributed by atoms with Crippen LogP contribution in [-0.2, 0) is 9.53 Å². The van der Waals surface area contributed by atoms with Crippen LogP contribution in [0.5, 0.6) is 5.75 Å². The number of carbonyl (C=O) groups excluding carboxylic acids is 1. The van der Waals surface area contributed by atoms with E-state index in [1.54, 1.807) is 19.1 Å². The molecule has 1 N–H and O–H groups in total. The summed E-state index contributed by atoms with van der Waals surface area (Å²) in [6.07, 6.45) is 0. The van der Waals surface area contributed by atoms with Gasteiger partial charge in [0.05, 0.1) is 13.7 Å². The maximum atomic E-state index is 11.6. The predicted molar refractivity (Wildman–Crippen MR) is 74.2 cm³/mol. The van der Waals surface area contributed by atoms with E-state index in [1.165, 1.54) is 14.0 Å². The van der Waals surface area contributed by atoms with Crippen LogP contribution in [0.25, 0.3) is 0 Å². The Labute approximate surface area is 117 Å². The number of esters is 1. The van der Waals surface area contributed by atoms with Gasteiger partial charge in [0.15, 0.2) is 0 Å². The Morgan fingerprint density at radius 1 is 1.40 bits per heavy atom. The van der Waals surface area contributed by atoms with Crippen molar-refractivity contribution in [3.8, 4) is 5.75 Å². The van der Waals surface area contributed by atoms with Crippen molar-refractivity contribution in [3.05, 3.63) is 35.2 Å². The van der Waals surface area contributed by atoms with Crippen LogP contribution in [0.1, 0.15) is 19.4 Å². The number of hydrogen-bond acceptors (Lipinski definition) is 6. The smallest absolute Gasteiger partial charge is 0.362 e. The summed E-state index contributed by atoms with van der Waals surface area (Å²) in [4.78, 5) is 11.6. The van der Waals surface area contributed by atoms with Crippen LogP contribution in [0.3, 0.4) is 0 Å². The van der Waals surface area contributed by atoms with Crippen LogP contribution in [0.2, 0.25) is 0 Å². The maximum Gasteiger partial charge on any atom is 0.362 e. The molecule has 0 unspecified atom stereocenters. The Hall–Kier alpha value is -2.37. The van der Waals surface area contributed by atoms with Gasteiger partial charge in [-0.1, -0.05) is 6.07 Å². The zero-order valence-electron chi connectivity index (χ0n) is 12.0. The molecule has 0 heterocycles. The number of nitrogens with zero attached hydrogens (tertiary/aromatic N) is 2. The average Bonchev–Trinajstić information content (AvgIpc) is 2.39. The highest BCUT2D eigenvalue weighted by atomic mass is 16.5. The Morgan fingerprint density at radius 3 is 2.65 bits per heavy atom. The van der Waals surface area contributed by atoms with Crippen LogP contribution < -0.4 is 4.74 Å². The van der Waals surface area contributed by atoms with Crippen molar-refractivity contribution in [3.63, 3.8) is 0 Å². The van der Waals surface area contributed by atoms with E-state index in [0.717, 1.165) is 5.56 Å². The number of methoxy groups -OCH3 is 1. The van der Waals surface area contributed by atoms with Crippen LogP contribution >= 0.6 is 0 Å². The minimum Gasteiger partial charge on any atom is -0.510 e. The summed E-state index contributed by atoms with van der Waals surface area (Å²) < 4.78 is 9.94. The second-order valence-corrected chi connectivity index (χ2v) is 4.03. The van der Waals surface area contributed by atoms with Gasteiger partial charge < -0.3 is 14.6 Å². The molecule has 0 aliphatic rings. The molecule has 0 aliphatic carbocycles. The van der Waals surface area contributed by atoms with Crippen molar-refractivity contribution in [1.29, 1.82) is 0 Å². The van der Waals surface area contributed by atoms with Gasteiger partial charge in [-0.2, -0.15) is 0 Å². The lowest BCUT2D eigenvalue weighted by Crippen LogP contribution is -2.07. The second kappa shape index (κ2) is 7.28. The van der Waals surface area contributed by atoms with E-state index >= 15 is 0 Å². The zero-order valence-corrected chi connectivity index (χ0v) is 12.0. The Morgan fingerprint density at radius 2 is 2.10 bits per heavy atom. The fourth-order valence-corrected chi connectivity index (χ4v) is 1.44. The van der Waals surface area contributed by atoms with Gasteiger partial charge in [0.25, 0.3) is 0 Å². The molecule has 0 spiro atoms. The molecule has 0 fully saturated rings. The number of hydrogen-bond donors (Lipinski definition) is 1. The molecule has 0 bridgehead atoms. The topological polar surface area (TPSA) is 80.5 Å². The Bertz CT molecular complexity index is 546. The molecule has 0 saturated carbocycles. The van der Waals surface area contributed by atoms with Crippen molar-refractivity contribution in [2.45, 2.75) is 20.8 Å². The van der Waals surface area contributed by atoms with Crippen molar-refractivity contribution < 1.29 is 19.4 Å². The number of aryl methyl sites for hydroxylation is 1. The number of aliphatic hydroxyl groups is 1. The highest BCUT2D eigenvalue weighted by molar-refractivity contribution is 5.88. The van der Waals surface area contributed by atoms with E-state index in [1.807, 2.05) is 13.0 Å². The van der Waals surface area contributed by atoms with Crippen molar-refractivity contribution in [2.75, 3.05) is 13.7 Å². The van der Waals surface area contributed by atoms with E-state index < -0.39 is 5.97 Å². The summed E-state index contributed by atoms with van der Waals surface area (Å²) in [6, 6.07) is 5.39. The molecule has 0 aliphatic heterocycles. The summed E-state index contributed by atoms with van der Waals surface area (Å²) in [5, 5.41) is 17.2. The largest absolute Gasteiger partial charge is 0.510 e. The van der Waals surface area contributed by atoms with E-state index in [4.69, 9.17) is 9.47 Å². The van der Waals surface area contributed by atoms with Crippen molar-refractivity contribution in [1.82, 2.24) is 0 Å². The number of aliphatic hydroxyl groups excluding tert-OH is 1. The van der Waals surface area contributed by atoms with Gasteiger partial charge >= 0.3 is 5.97 Å². The number of carbonyl (C=O) groups is 1. The van der Waals surface area contributed by atoms with Crippen LogP contribution in [0.15, 0.2) is 39.9 Å². The summed E-state index contributed by atoms with van der Waals surface area (Å²) in [7, 11) is 1.52. The zero-order chi connectivity index (χ0) is 15.1. The molecule has 6 heteroatoms. The molecule has 0 saturated heterocycles. The maximum absolute atomic E-state index is 11.6. The van der Waals surface area contributed by atoms with E-state index in [0.29, 0.717) is 11.4 Å². The van der Waals surface area contributed by atoms with Crippen LogP contribution in [-0.4, -0.2) is 24.8 Å². The lowest BCUT2D eigenvalue weighted by atomic mass is 10.2. The number of ether oxygens (including phenoxy) is 2. The summed E-state index contributed by atoms with van der Waals surface area (Å²) >= 11 is 0. The van der Waals surface area contributed by atoms with Gasteiger partial charge in [-0.05, 0) is 38.5 Å². The van der Waals surface area contributed by atoms with E-state index in [-0.39, 0.29) is 18.1 Å². The first-order valence-corrected chi connectivity index (χ1v) is 6.13. The molecular formula is C14H18N2O4. The summed E-state index contributed by atoms with van der Waals surface area (Å²) in [5.74, 6) is -0.445. The monoisotopic (exact) mass is 278 g/mol. The minimum atomic E-state index is -0.720. The van der Waals surface area contributed by atoms with Gasteiger partial charge in [0, 0.05) is 0 Å². The second-order valence-electron chi connectivity index (χ2n) is 4.03. The Kier molecular flexibility index (Phi) is 5.71. The molecule has 20 heavy (non-hydrogen) atoms. The SMILES string of the molecule is CCOC(=O)/C(N=Nc1cc(C)ccc1OC)=C(\C)O. The fourth-order valence-electron chi connectivity index (χ4n) is 1.44. The first kappa shape index (κ1) is 15.7. The lowest BCUT2D eigenvalue weighted by molar-refractivity contribution is -0.138. The lowest BCUT2D eigenvalue weighted by Gasteiger charge is -2.05. The quantitative estimate of drug-likeness (QED) is 0.387. The van der Waals surface area contributed by atoms with Gasteiger partial charge in [-0.25, -0.2) is 4.79 Å². The standard InChI is InChI=1S/C14H18N2O4/c1-5-20-14(18)13(10(3)17)16-15-11-8-9(2)6-7-12(11)19-4/h6-8,17H,5H2,1-4H3/b13-10-,16-15?. The third kappa shape index (κ3) is 4.08. The van der Waals surface area contributed by atoms with E-state index in [2.05, 4.69) is 10.2 Å². The molecule has 1 aromatic rings. The molecule has 0 amide bonds. The Balaban J connectivity index is 3.09. The first-order chi connectivity index (χ1) is 9.49. The molecule has 0 atom stereocenters. The third-order valence-corrected chi connectivity index (χ3v) is 2.40. The number of azo groups is 1. The number of benzene rings is 1. The molecule has 1 rings (SSSR count). The van der Waals surface area contributed by atoms with Crippen molar-refractivity contribution in [2.24, 2.45) is 10.2 Å². The normalized spacial score (nSPS) is 12.2. The highest BCUT2D eigenvalue weighted by Crippen LogP contribution is 2.29. The van der Waals surface area contributed by atoms with Gasteiger partial charge in [0.2, 0.25) is 5.70 Å². The predicted octanol–water partition coefficient (Wildman–Crippen LogP) is 3.44. The molecule has 0 radical (unpaired) electrons. The van der Waals surface area contributed by atoms with Crippen molar-refractivity contribution >= 4 is 11.7 Å². The highest BCUT2D eigenvalue weighted by Gasteiger charge is 2.14. The molecular weight excluding hydrogens is 260 g/mol. The molecule has 1 aromatic carbocycles. The summed E-state index contributed by atoms with van der Waals surface area (Å²) in [5.41, 5.74) is 1.22. The average molecular weight is 278 g/mol. The van der Waals surface area contributed by atoms with Crippen LogP contribution in [0.4, 0.5) is 5.69 Å².